The van der Waals surface area contributed by atoms with E-state index in [1.807, 2.05) is 6.07 Å². The second-order valence-corrected chi connectivity index (χ2v) is 3.33. The highest BCUT2D eigenvalue weighted by Crippen LogP contribution is 2.11. The van der Waals surface area contributed by atoms with Crippen LogP contribution in [0.3, 0.4) is 0 Å². The second-order valence-electron chi connectivity index (χ2n) is 3.33. The van der Waals surface area contributed by atoms with E-state index in [1.165, 1.54) is 12.8 Å². The van der Waals surface area contributed by atoms with E-state index < -0.39 is 0 Å². The molecule has 0 saturated carbocycles. The number of nitrogens with two attached hydrogens (primary N) is 1. The summed E-state index contributed by atoms with van der Waals surface area (Å²) in [6, 6.07) is 1.89. The maximum Gasteiger partial charge on any atom is 0.133 e. The molecule has 0 radical (unpaired) electrons. The Balaban J connectivity index is 2.17. The molecule has 1 heterocycles. The van der Waals surface area contributed by atoms with Crippen molar-refractivity contribution >= 4 is 0 Å². The fourth-order valence-corrected chi connectivity index (χ4v) is 1.29. The predicted octanol–water partition coefficient (Wildman–Crippen LogP) is 2.45. The number of hydrogen-bond donors (Lipinski definition) is 1. The zero-order valence-electron chi connectivity index (χ0n) is 8.79. The zero-order valence-corrected chi connectivity index (χ0v) is 8.79. The van der Waals surface area contributed by atoms with Gasteiger partial charge < -0.3 is 14.9 Å². The van der Waals surface area contributed by atoms with Crippen LogP contribution in [0.5, 0.6) is 0 Å². The molecule has 3 nitrogen and oxygen atoms in total. The Labute approximate surface area is 85.2 Å². The van der Waals surface area contributed by atoms with E-state index in [2.05, 4.69) is 6.92 Å². The first-order valence-corrected chi connectivity index (χ1v) is 5.21. The zero-order chi connectivity index (χ0) is 10.2. The Morgan fingerprint density at radius 1 is 1.43 bits per heavy atom. The molecule has 1 aromatic rings. The van der Waals surface area contributed by atoms with Gasteiger partial charge in [0.25, 0.3) is 0 Å². The van der Waals surface area contributed by atoms with Gasteiger partial charge in [-0.2, -0.15) is 0 Å². The first-order chi connectivity index (χ1) is 6.88. The smallest absolute Gasteiger partial charge is 0.133 e. The maximum atomic E-state index is 5.53. The summed E-state index contributed by atoms with van der Waals surface area (Å²) in [4.78, 5) is 0. The summed E-state index contributed by atoms with van der Waals surface area (Å²) in [5.74, 6) is 0.865. The maximum absolute atomic E-state index is 5.53. The molecule has 80 valence electrons. The van der Waals surface area contributed by atoms with Crippen molar-refractivity contribution in [1.29, 1.82) is 0 Å². The lowest BCUT2D eigenvalue weighted by Crippen LogP contribution is -2.01. The van der Waals surface area contributed by atoms with E-state index in [4.69, 9.17) is 14.9 Å². The van der Waals surface area contributed by atoms with Crippen LogP contribution in [-0.4, -0.2) is 6.61 Å². The summed E-state index contributed by atoms with van der Waals surface area (Å²) in [5.41, 5.74) is 6.57. The molecule has 0 saturated heterocycles. The summed E-state index contributed by atoms with van der Waals surface area (Å²) >= 11 is 0. The summed E-state index contributed by atoms with van der Waals surface area (Å²) in [7, 11) is 0. The topological polar surface area (TPSA) is 48.4 Å². The van der Waals surface area contributed by atoms with E-state index in [1.54, 1.807) is 6.26 Å². The van der Waals surface area contributed by atoms with Crippen molar-refractivity contribution in [2.24, 2.45) is 5.73 Å². The third kappa shape index (κ3) is 3.52. The summed E-state index contributed by atoms with van der Waals surface area (Å²) in [6.45, 7) is 4.05. The van der Waals surface area contributed by atoms with Crippen LogP contribution < -0.4 is 5.73 Å². The second kappa shape index (κ2) is 6.62. The quantitative estimate of drug-likeness (QED) is 0.683. The lowest BCUT2D eigenvalue weighted by Gasteiger charge is -2.02. The van der Waals surface area contributed by atoms with Gasteiger partial charge in [-0.3, -0.25) is 0 Å². The van der Waals surface area contributed by atoms with Crippen LogP contribution in [0, 0.1) is 0 Å². The van der Waals surface area contributed by atoms with E-state index in [9.17, 15) is 0 Å². The SMILES string of the molecule is CCCCCOCc1occc1CN. The molecule has 14 heavy (non-hydrogen) atoms. The minimum absolute atomic E-state index is 0.518. The normalized spacial score (nSPS) is 10.7. The molecule has 0 atom stereocenters. The van der Waals surface area contributed by atoms with Crippen molar-refractivity contribution in [3.8, 4) is 0 Å². The molecule has 2 N–H and O–H groups in total. The molecule has 1 rings (SSSR count). The van der Waals surface area contributed by atoms with Gasteiger partial charge in [-0.1, -0.05) is 19.8 Å². The lowest BCUT2D eigenvalue weighted by molar-refractivity contribution is 0.102. The van der Waals surface area contributed by atoms with Crippen molar-refractivity contribution in [1.82, 2.24) is 0 Å². The molecule has 0 aliphatic carbocycles. The average molecular weight is 197 g/mol. The Morgan fingerprint density at radius 3 is 3.00 bits per heavy atom. The average Bonchev–Trinajstić information content (AvgIpc) is 2.65. The highest BCUT2D eigenvalue weighted by molar-refractivity contribution is 5.15. The largest absolute Gasteiger partial charge is 0.467 e. The van der Waals surface area contributed by atoms with Crippen LogP contribution in [0.25, 0.3) is 0 Å². The summed E-state index contributed by atoms with van der Waals surface area (Å²) < 4.78 is 10.7. The fraction of sp³-hybridized carbons (Fsp3) is 0.636. The Bertz CT molecular complexity index is 245. The summed E-state index contributed by atoms with van der Waals surface area (Å²) in [5, 5.41) is 0. The van der Waals surface area contributed by atoms with Gasteiger partial charge in [0.2, 0.25) is 0 Å². The van der Waals surface area contributed by atoms with Crippen molar-refractivity contribution in [3.63, 3.8) is 0 Å². The monoisotopic (exact) mass is 197 g/mol. The molecule has 0 amide bonds. The Morgan fingerprint density at radius 2 is 2.29 bits per heavy atom. The molecule has 3 heteroatoms. The third-order valence-electron chi connectivity index (χ3n) is 2.18. The minimum Gasteiger partial charge on any atom is -0.467 e. The van der Waals surface area contributed by atoms with Gasteiger partial charge in [0.15, 0.2) is 0 Å². The number of ether oxygens (including phenoxy) is 1. The van der Waals surface area contributed by atoms with Gasteiger partial charge in [-0.05, 0) is 12.5 Å². The molecular formula is C11H19NO2. The number of rotatable bonds is 7. The summed E-state index contributed by atoms with van der Waals surface area (Å²) in [6.07, 6.45) is 5.22. The molecule has 0 aromatic carbocycles. The van der Waals surface area contributed by atoms with Crippen molar-refractivity contribution in [2.45, 2.75) is 39.3 Å². The molecule has 0 aliphatic rings. The molecular weight excluding hydrogens is 178 g/mol. The van der Waals surface area contributed by atoms with E-state index in [-0.39, 0.29) is 0 Å². The van der Waals surface area contributed by atoms with Crippen LogP contribution in [0.2, 0.25) is 0 Å². The molecule has 0 bridgehead atoms. The van der Waals surface area contributed by atoms with Crippen LogP contribution in [0.1, 0.15) is 37.5 Å². The number of unbranched alkanes of at least 4 members (excludes halogenated alkanes) is 2. The first kappa shape index (κ1) is 11.3. The first-order valence-electron chi connectivity index (χ1n) is 5.21. The van der Waals surface area contributed by atoms with Gasteiger partial charge in [-0.15, -0.1) is 0 Å². The van der Waals surface area contributed by atoms with Crippen molar-refractivity contribution < 1.29 is 9.15 Å². The van der Waals surface area contributed by atoms with Crippen LogP contribution in [0.4, 0.5) is 0 Å². The minimum atomic E-state index is 0.518. The molecule has 0 aliphatic heterocycles. The van der Waals surface area contributed by atoms with Gasteiger partial charge in [0.1, 0.15) is 12.4 Å². The van der Waals surface area contributed by atoms with Crippen molar-refractivity contribution in [2.75, 3.05) is 6.61 Å². The number of furan rings is 1. The Kier molecular flexibility index (Phi) is 5.33. The van der Waals surface area contributed by atoms with Gasteiger partial charge >= 0.3 is 0 Å². The van der Waals surface area contributed by atoms with Gasteiger partial charge in [0.05, 0.1) is 6.26 Å². The highest BCUT2D eigenvalue weighted by Gasteiger charge is 2.03. The molecule has 0 fully saturated rings. The van der Waals surface area contributed by atoms with Gasteiger partial charge in [0, 0.05) is 18.7 Å². The van der Waals surface area contributed by atoms with E-state index in [0.717, 1.165) is 24.4 Å². The predicted molar refractivity (Wildman–Crippen MR) is 55.8 cm³/mol. The van der Waals surface area contributed by atoms with Crippen LogP contribution >= 0.6 is 0 Å². The fourth-order valence-electron chi connectivity index (χ4n) is 1.29. The van der Waals surface area contributed by atoms with E-state index >= 15 is 0 Å². The molecule has 0 unspecified atom stereocenters. The molecule has 1 aromatic heterocycles. The lowest BCUT2D eigenvalue weighted by atomic mass is 10.2. The number of hydrogen-bond acceptors (Lipinski definition) is 3. The van der Waals surface area contributed by atoms with Gasteiger partial charge in [-0.25, -0.2) is 0 Å². The third-order valence-corrected chi connectivity index (χ3v) is 2.18. The van der Waals surface area contributed by atoms with E-state index in [0.29, 0.717) is 13.2 Å². The van der Waals surface area contributed by atoms with Crippen LogP contribution in [-0.2, 0) is 17.9 Å². The molecule has 0 spiro atoms. The van der Waals surface area contributed by atoms with Crippen molar-refractivity contribution in [3.05, 3.63) is 23.7 Å². The highest BCUT2D eigenvalue weighted by atomic mass is 16.5. The van der Waals surface area contributed by atoms with Crippen LogP contribution in [0.15, 0.2) is 16.7 Å². The Hall–Kier alpha value is -0.800. The standard InChI is InChI=1S/C11H19NO2/c1-2-3-4-6-13-9-11-10(8-12)5-7-14-11/h5,7H,2-4,6,8-9,12H2,1H3.